The summed E-state index contributed by atoms with van der Waals surface area (Å²) in [5.41, 5.74) is 1.08. The molecule has 1 fully saturated rings. The molecule has 1 saturated carbocycles. The molecule has 1 aliphatic carbocycles. The first-order chi connectivity index (χ1) is 14.1. The van der Waals surface area contributed by atoms with E-state index in [0.29, 0.717) is 28.4 Å². The van der Waals surface area contributed by atoms with Gasteiger partial charge < -0.3 is 14.2 Å². The van der Waals surface area contributed by atoms with Gasteiger partial charge in [0.2, 0.25) is 0 Å². The standard InChI is InChI=1S/C24H26O5/c1-27-19-13-15-23(28-2)20(16-19)21(25)14-12-17-8-6-7-11-22(17)29-24(26)18-9-4-3-5-10-18/h6-8,11-16,18H,3-5,9-10H2,1-2H3/b14-12+. The zero-order chi connectivity index (χ0) is 20.6. The zero-order valence-electron chi connectivity index (χ0n) is 16.9. The van der Waals surface area contributed by atoms with Crippen LogP contribution >= 0.6 is 0 Å². The second kappa shape index (κ2) is 9.92. The Labute approximate surface area is 171 Å². The maximum absolute atomic E-state index is 12.7. The fourth-order valence-corrected chi connectivity index (χ4v) is 3.50. The summed E-state index contributed by atoms with van der Waals surface area (Å²) in [4.78, 5) is 25.2. The molecular weight excluding hydrogens is 368 g/mol. The Morgan fingerprint density at radius 3 is 2.41 bits per heavy atom. The van der Waals surface area contributed by atoms with Crippen LogP contribution in [0.2, 0.25) is 0 Å². The molecule has 1 aliphatic rings. The summed E-state index contributed by atoms with van der Waals surface area (Å²) in [5, 5.41) is 0. The number of ether oxygens (including phenoxy) is 3. The monoisotopic (exact) mass is 394 g/mol. The molecular formula is C24H26O5. The Hall–Kier alpha value is -3.08. The van der Waals surface area contributed by atoms with Crippen LogP contribution in [0.5, 0.6) is 17.2 Å². The van der Waals surface area contributed by atoms with Crippen LogP contribution in [0.15, 0.2) is 48.5 Å². The highest BCUT2D eigenvalue weighted by atomic mass is 16.5. The van der Waals surface area contributed by atoms with Crippen LogP contribution in [0.25, 0.3) is 6.08 Å². The van der Waals surface area contributed by atoms with E-state index in [-0.39, 0.29) is 17.7 Å². The van der Waals surface area contributed by atoms with Crippen molar-refractivity contribution in [3.63, 3.8) is 0 Å². The van der Waals surface area contributed by atoms with Crippen molar-refractivity contribution < 1.29 is 23.8 Å². The molecule has 0 aliphatic heterocycles. The Balaban J connectivity index is 1.77. The number of carbonyl (C=O) groups is 2. The highest BCUT2D eigenvalue weighted by Crippen LogP contribution is 2.28. The topological polar surface area (TPSA) is 61.8 Å². The van der Waals surface area contributed by atoms with Gasteiger partial charge in [-0.05, 0) is 49.3 Å². The van der Waals surface area contributed by atoms with Crippen LogP contribution in [0.4, 0.5) is 0 Å². The van der Waals surface area contributed by atoms with E-state index < -0.39 is 0 Å². The molecule has 0 atom stereocenters. The number of hydrogen-bond donors (Lipinski definition) is 0. The highest BCUT2D eigenvalue weighted by Gasteiger charge is 2.23. The average Bonchev–Trinajstić information content (AvgIpc) is 2.78. The van der Waals surface area contributed by atoms with Gasteiger partial charge in [-0.25, -0.2) is 0 Å². The Kier molecular flexibility index (Phi) is 7.06. The summed E-state index contributed by atoms with van der Waals surface area (Å²) >= 11 is 0. The third kappa shape index (κ3) is 5.25. The second-order valence-corrected chi connectivity index (χ2v) is 7.06. The van der Waals surface area contributed by atoms with Crippen molar-refractivity contribution in [1.29, 1.82) is 0 Å². The number of methoxy groups -OCH3 is 2. The van der Waals surface area contributed by atoms with Crippen LogP contribution in [0.1, 0.15) is 48.0 Å². The first kappa shape index (κ1) is 20.6. The number of rotatable bonds is 7. The Bertz CT molecular complexity index is 894. The van der Waals surface area contributed by atoms with E-state index in [1.54, 1.807) is 37.5 Å². The molecule has 0 bridgehead atoms. The third-order valence-corrected chi connectivity index (χ3v) is 5.15. The molecule has 0 aromatic heterocycles. The molecule has 0 N–H and O–H groups in total. The van der Waals surface area contributed by atoms with Crippen molar-refractivity contribution in [3.05, 3.63) is 59.7 Å². The third-order valence-electron chi connectivity index (χ3n) is 5.15. The summed E-state index contributed by atoms with van der Waals surface area (Å²) in [6.45, 7) is 0. The molecule has 2 aromatic carbocycles. The van der Waals surface area contributed by atoms with Gasteiger partial charge >= 0.3 is 5.97 Å². The van der Waals surface area contributed by atoms with Crippen LogP contribution in [0, 0.1) is 5.92 Å². The highest BCUT2D eigenvalue weighted by molar-refractivity contribution is 6.09. The van der Waals surface area contributed by atoms with E-state index in [1.165, 1.54) is 19.6 Å². The lowest BCUT2D eigenvalue weighted by Gasteiger charge is -2.20. The minimum atomic E-state index is -0.228. The molecule has 0 unspecified atom stereocenters. The van der Waals surface area contributed by atoms with Crippen molar-refractivity contribution in [2.45, 2.75) is 32.1 Å². The van der Waals surface area contributed by atoms with E-state index in [9.17, 15) is 9.59 Å². The van der Waals surface area contributed by atoms with Gasteiger partial charge in [0.25, 0.3) is 0 Å². The summed E-state index contributed by atoms with van der Waals surface area (Å²) < 4.78 is 16.1. The summed E-state index contributed by atoms with van der Waals surface area (Å²) in [7, 11) is 3.06. The minimum Gasteiger partial charge on any atom is -0.497 e. The molecule has 5 nitrogen and oxygen atoms in total. The van der Waals surface area contributed by atoms with E-state index in [1.807, 2.05) is 18.2 Å². The first-order valence-electron chi connectivity index (χ1n) is 9.87. The number of benzene rings is 2. The summed E-state index contributed by atoms with van der Waals surface area (Å²) in [5.74, 6) is 1.05. The molecule has 0 heterocycles. The molecule has 29 heavy (non-hydrogen) atoms. The van der Waals surface area contributed by atoms with E-state index in [4.69, 9.17) is 14.2 Å². The van der Waals surface area contributed by atoms with Gasteiger partial charge in [0.05, 0.1) is 25.7 Å². The molecule has 0 saturated heterocycles. The number of ketones is 1. The van der Waals surface area contributed by atoms with E-state index >= 15 is 0 Å². The normalized spacial score (nSPS) is 14.6. The lowest BCUT2D eigenvalue weighted by molar-refractivity contribution is -0.140. The smallest absolute Gasteiger partial charge is 0.314 e. The van der Waals surface area contributed by atoms with Crippen molar-refractivity contribution in [3.8, 4) is 17.2 Å². The zero-order valence-corrected chi connectivity index (χ0v) is 16.9. The predicted octanol–water partition coefficient (Wildman–Crippen LogP) is 5.09. The fraction of sp³-hybridized carbons (Fsp3) is 0.333. The number of allylic oxidation sites excluding steroid dienone is 1. The van der Waals surface area contributed by atoms with Crippen molar-refractivity contribution in [2.24, 2.45) is 5.92 Å². The van der Waals surface area contributed by atoms with Crippen LogP contribution < -0.4 is 14.2 Å². The van der Waals surface area contributed by atoms with Gasteiger partial charge in [0.15, 0.2) is 5.78 Å². The van der Waals surface area contributed by atoms with Crippen molar-refractivity contribution in [1.82, 2.24) is 0 Å². The fourth-order valence-electron chi connectivity index (χ4n) is 3.50. The van der Waals surface area contributed by atoms with Crippen molar-refractivity contribution >= 4 is 17.8 Å². The number of hydrogen-bond acceptors (Lipinski definition) is 5. The number of carbonyl (C=O) groups excluding carboxylic acids is 2. The Morgan fingerprint density at radius 2 is 1.69 bits per heavy atom. The van der Waals surface area contributed by atoms with Gasteiger partial charge in [0, 0.05) is 5.56 Å². The lowest BCUT2D eigenvalue weighted by atomic mass is 9.89. The summed E-state index contributed by atoms with van der Waals surface area (Å²) in [6.07, 6.45) is 8.18. The van der Waals surface area contributed by atoms with Crippen LogP contribution in [0.3, 0.4) is 0 Å². The average molecular weight is 394 g/mol. The first-order valence-corrected chi connectivity index (χ1v) is 9.87. The molecule has 0 amide bonds. The molecule has 0 radical (unpaired) electrons. The van der Waals surface area contributed by atoms with Gasteiger partial charge in [-0.2, -0.15) is 0 Å². The maximum Gasteiger partial charge on any atom is 0.314 e. The maximum atomic E-state index is 12.7. The number of para-hydroxylation sites is 1. The van der Waals surface area contributed by atoms with Gasteiger partial charge in [-0.1, -0.05) is 37.5 Å². The van der Waals surface area contributed by atoms with Gasteiger partial charge in [0.1, 0.15) is 17.2 Å². The Morgan fingerprint density at radius 1 is 0.931 bits per heavy atom. The second-order valence-electron chi connectivity index (χ2n) is 7.06. The van der Waals surface area contributed by atoms with E-state index in [2.05, 4.69) is 0 Å². The molecule has 3 rings (SSSR count). The van der Waals surface area contributed by atoms with Crippen molar-refractivity contribution in [2.75, 3.05) is 14.2 Å². The largest absolute Gasteiger partial charge is 0.497 e. The van der Waals surface area contributed by atoms with Gasteiger partial charge in [-0.15, -0.1) is 0 Å². The van der Waals surface area contributed by atoms with E-state index in [0.717, 1.165) is 25.7 Å². The minimum absolute atomic E-state index is 0.0385. The van der Waals surface area contributed by atoms with Gasteiger partial charge in [-0.3, -0.25) is 9.59 Å². The van der Waals surface area contributed by atoms with Crippen LogP contribution in [-0.2, 0) is 4.79 Å². The molecule has 0 spiro atoms. The molecule has 152 valence electrons. The number of esters is 1. The SMILES string of the molecule is COc1ccc(OC)c(C(=O)/C=C/c2ccccc2OC(=O)C2CCCCC2)c1. The quantitative estimate of drug-likeness (QED) is 0.283. The lowest BCUT2D eigenvalue weighted by Crippen LogP contribution is -2.23. The molecule has 2 aromatic rings. The summed E-state index contributed by atoms with van der Waals surface area (Å²) in [6, 6.07) is 12.3. The predicted molar refractivity (Wildman–Crippen MR) is 112 cm³/mol. The van der Waals surface area contributed by atoms with Crippen LogP contribution in [-0.4, -0.2) is 26.0 Å². The molecule has 5 heteroatoms.